The van der Waals surface area contributed by atoms with Gasteiger partial charge in [-0.05, 0) is 135 Å². The first-order valence-electron chi connectivity index (χ1n) is 31.1. The van der Waals surface area contributed by atoms with E-state index in [0.717, 1.165) is 135 Å². The van der Waals surface area contributed by atoms with Gasteiger partial charge in [0.2, 0.25) is 0 Å². The summed E-state index contributed by atoms with van der Waals surface area (Å²) >= 11 is 0. The molecule has 12 nitrogen and oxygen atoms in total. The second kappa shape index (κ2) is 56.6. The summed E-state index contributed by atoms with van der Waals surface area (Å²) in [5.74, 6) is -3.34. The molecule has 0 aromatic carbocycles. The fourth-order valence-electron chi connectivity index (χ4n) is 8.14. The monoisotopic (exact) mass is 1150 g/mol. The van der Waals surface area contributed by atoms with Gasteiger partial charge in [0, 0.05) is 19.3 Å². The van der Waals surface area contributed by atoms with Crippen molar-refractivity contribution in [2.45, 2.75) is 237 Å². The van der Waals surface area contributed by atoms with Crippen molar-refractivity contribution in [3.63, 3.8) is 0 Å². The normalized spacial score (nSPS) is 18.8. The van der Waals surface area contributed by atoms with Gasteiger partial charge in [0.1, 0.15) is 18.8 Å². The van der Waals surface area contributed by atoms with Crippen molar-refractivity contribution < 1.29 is 58.2 Å². The molecule has 1 rings (SSSR count). The Morgan fingerprint density at radius 2 is 0.747 bits per heavy atom. The van der Waals surface area contributed by atoms with Crippen molar-refractivity contribution in [3.05, 3.63) is 170 Å². The van der Waals surface area contributed by atoms with E-state index in [0.29, 0.717) is 25.7 Å². The molecule has 1 aliphatic heterocycles. The number of carboxylic acid groups (broad SMARTS) is 1. The summed E-state index contributed by atoms with van der Waals surface area (Å²) in [7, 11) is 0. The van der Waals surface area contributed by atoms with Gasteiger partial charge in [0.05, 0.1) is 6.61 Å². The van der Waals surface area contributed by atoms with E-state index in [2.05, 4.69) is 179 Å². The molecule has 0 aromatic heterocycles. The van der Waals surface area contributed by atoms with Crippen molar-refractivity contribution in [1.29, 1.82) is 0 Å². The van der Waals surface area contributed by atoms with E-state index in [1.807, 2.05) is 12.2 Å². The van der Waals surface area contributed by atoms with Crippen LogP contribution in [-0.4, -0.2) is 89.2 Å². The molecule has 0 aromatic rings. The molecule has 0 aliphatic carbocycles. The standard InChI is InChI=1S/C71H106O12/c1-4-7-10-13-16-19-22-25-28-30-32-34-37-39-42-45-48-51-54-57-63(72)79-60-62(81-64(73)58-55-52-49-46-43-40-36-27-24-21-18-15-12-9-6-3)61-80-71-69(67(76)66(75)68(83-71)70(77)78)82-65(74)59-56-53-50-47-44-41-38-35-33-31-29-26-23-20-17-14-11-8-5-2/h7-12,16-21,25-29,32-36,39,42-43,46,48,51,62,66-69,71,75-76H,4-6,13-15,22-24,30-31,37-38,40-41,44-45,47,49-50,52-61H2,1-3H3,(H,77,78)/b10-7-,11-8-,12-9-,19-16-,20-17-,21-18-,28-25-,29-26-,34-32-,35-33-,36-27-,42-39-,46-43-,51-48-. The molecule has 0 amide bonds. The molecule has 0 bridgehead atoms. The third kappa shape index (κ3) is 46.2. The Kier molecular flexibility index (Phi) is 51.2. The third-order valence-electron chi connectivity index (χ3n) is 12.8. The van der Waals surface area contributed by atoms with Crippen LogP contribution in [0.5, 0.6) is 0 Å². The highest BCUT2D eigenvalue weighted by atomic mass is 16.7. The zero-order valence-corrected chi connectivity index (χ0v) is 50.9. The molecule has 83 heavy (non-hydrogen) atoms. The molecule has 1 fully saturated rings. The molecule has 1 saturated heterocycles. The summed E-state index contributed by atoms with van der Waals surface area (Å²) in [6.07, 6.45) is 71.8. The largest absolute Gasteiger partial charge is 0.479 e. The summed E-state index contributed by atoms with van der Waals surface area (Å²) in [5, 5.41) is 31.6. The number of aliphatic hydroxyl groups is 2. The zero-order chi connectivity index (χ0) is 60.3. The molecular weight excluding hydrogens is 1040 g/mol. The van der Waals surface area contributed by atoms with Gasteiger partial charge in [-0.3, -0.25) is 14.4 Å². The predicted molar refractivity (Wildman–Crippen MR) is 339 cm³/mol. The van der Waals surface area contributed by atoms with Crippen LogP contribution in [0.25, 0.3) is 0 Å². The predicted octanol–water partition coefficient (Wildman–Crippen LogP) is 16.7. The molecule has 12 heteroatoms. The van der Waals surface area contributed by atoms with Crippen LogP contribution in [0.2, 0.25) is 0 Å². The number of hydrogen-bond acceptors (Lipinski definition) is 11. The van der Waals surface area contributed by atoms with Crippen LogP contribution in [0, 0.1) is 0 Å². The van der Waals surface area contributed by atoms with Crippen LogP contribution in [0.1, 0.15) is 201 Å². The summed E-state index contributed by atoms with van der Waals surface area (Å²) in [5.41, 5.74) is 0. The number of aliphatic carboxylic acids is 1. The van der Waals surface area contributed by atoms with E-state index < -0.39 is 67.3 Å². The Balaban J connectivity index is 2.76. The molecule has 6 unspecified atom stereocenters. The quantitative estimate of drug-likeness (QED) is 0.0228. The van der Waals surface area contributed by atoms with Gasteiger partial charge in [0.25, 0.3) is 0 Å². The third-order valence-corrected chi connectivity index (χ3v) is 12.8. The van der Waals surface area contributed by atoms with Gasteiger partial charge < -0.3 is 39.0 Å². The number of carbonyl (C=O) groups is 4. The van der Waals surface area contributed by atoms with Crippen LogP contribution in [-0.2, 0) is 42.9 Å². The van der Waals surface area contributed by atoms with E-state index in [1.165, 1.54) is 0 Å². The first-order valence-corrected chi connectivity index (χ1v) is 31.1. The van der Waals surface area contributed by atoms with Crippen LogP contribution >= 0.6 is 0 Å². The number of carbonyl (C=O) groups excluding carboxylic acids is 3. The lowest BCUT2D eigenvalue weighted by molar-refractivity contribution is -0.301. The average molecular weight is 1150 g/mol. The maximum absolute atomic E-state index is 13.2. The van der Waals surface area contributed by atoms with Crippen LogP contribution < -0.4 is 0 Å². The first-order chi connectivity index (χ1) is 40.6. The number of allylic oxidation sites excluding steroid dienone is 28. The van der Waals surface area contributed by atoms with E-state index >= 15 is 0 Å². The van der Waals surface area contributed by atoms with Gasteiger partial charge >= 0.3 is 23.9 Å². The zero-order valence-electron chi connectivity index (χ0n) is 50.9. The maximum atomic E-state index is 13.2. The summed E-state index contributed by atoms with van der Waals surface area (Å²) < 4.78 is 28.3. The van der Waals surface area contributed by atoms with E-state index in [1.54, 1.807) is 0 Å². The Morgan fingerprint density at radius 3 is 1.17 bits per heavy atom. The van der Waals surface area contributed by atoms with Crippen LogP contribution in [0.3, 0.4) is 0 Å². The molecule has 3 N–H and O–H groups in total. The topological polar surface area (TPSA) is 175 Å². The minimum absolute atomic E-state index is 0.0212. The second-order valence-electron chi connectivity index (χ2n) is 20.2. The van der Waals surface area contributed by atoms with Gasteiger partial charge in [-0.25, -0.2) is 4.79 Å². The molecule has 462 valence electrons. The highest BCUT2D eigenvalue weighted by Gasteiger charge is 2.50. The van der Waals surface area contributed by atoms with Gasteiger partial charge in [-0.2, -0.15) is 0 Å². The molecule has 0 spiro atoms. The van der Waals surface area contributed by atoms with Crippen molar-refractivity contribution in [3.8, 4) is 0 Å². The Hall–Kier alpha value is -5.92. The Labute approximate surface area is 500 Å². The lowest BCUT2D eigenvalue weighted by atomic mass is 9.98. The van der Waals surface area contributed by atoms with Crippen LogP contribution in [0.4, 0.5) is 0 Å². The molecule has 1 heterocycles. The maximum Gasteiger partial charge on any atom is 0.335 e. The van der Waals surface area contributed by atoms with Gasteiger partial charge in [0.15, 0.2) is 24.6 Å². The molecule has 6 atom stereocenters. The fourth-order valence-corrected chi connectivity index (χ4v) is 8.14. The first kappa shape index (κ1) is 75.1. The number of aliphatic hydroxyl groups excluding tert-OH is 2. The number of ether oxygens (including phenoxy) is 5. The number of rotatable bonds is 50. The molecule has 1 aliphatic rings. The average Bonchev–Trinajstić information content (AvgIpc) is 3.57. The molecular formula is C71H106O12. The summed E-state index contributed by atoms with van der Waals surface area (Å²) in [6.45, 7) is 5.53. The van der Waals surface area contributed by atoms with E-state index in [-0.39, 0.29) is 25.9 Å². The lowest BCUT2D eigenvalue weighted by Gasteiger charge is -2.40. The summed E-state index contributed by atoms with van der Waals surface area (Å²) in [6, 6.07) is 0. The summed E-state index contributed by atoms with van der Waals surface area (Å²) in [4.78, 5) is 51.2. The number of esters is 3. The Morgan fingerprint density at radius 1 is 0.398 bits per heavy atom. The molecule has 0 radical (unpaired) electrons. The van der Waals surface area contributed by atoms with Crippen molar-refractivity contribution in [2.75, 3.05) is 13.2 Å². The molecule has 0 saturated carbocycles. The van der Waals surface area contributed by atoms with Gasteiger partial charge in [-0.1, -0.05) is 217 Å². The lowest BCUT2D eigenvalue weighted by Crippen LogP contribution is -2.61. The van der Waals surface area contributed by atoms with Crippen molar-refractivity contribution in [1.82, 2.24) is 0 Å². The van der Waals surface area contributed by atoms with Crippen LogP contribution in [0.15, 0.2) is 170 Å². The SMILES string of the molecule is CC/C=C\C/C=C\C/C=C\C/C=C\C/C=C\C/C=C\CCC(=O)OCC(COC1OC(C(=O)O)C(O)C(O)C1OC(=O)CCCCCCCC/C=C\C/C=C\C/C=C\C/C=C\CC)OC(=O)CCCC/C=C\C/C=C\C/C=C\C/C=C\CC. The number of unbranched alkanes of at least 4 members (excludes halogenated alkanes) is 8. The second-order valence-corrected chi connectivity index (χ2v) is 20.2. The number of carboxylic acids is 1. The smallest absolute Gasteiger partial charge is 0.335 e. The van der Waals surface area contributed by atoms with E-state index in [9.17, 15) is 34.5 Å². The highest BCUT2D eigenvalue weighted by molar-refractivity contribution is 5.74. The number of hydrogen-bond donors (Lipinski definition) is 3. The highest BCUT2D eigenvalue weighted by Crippen LogP contribution is 2.26. The Bertz CT molecular complexity index is 2090. The minimum Gasteiger partial charge on any atom is -0.479 e. The van der Waals surface area contributed by atoms with E-state index in [4.69, 9.17) is 23.7 Å². The fraction of sp³-hybridized carbons (Fsp3) is 0.549. The van der Waals surface area contributed by atoms with Crippen molar-refractivity contribution >= 4 is 23.9 Å². The van der Waals surface area contributed by atoms with Gasteiger partial charge in [-0.15, -0.1) is 0 Å². The minimum atomic E-state index is -1.94. The van der Waals surface area contributed by atoms with Crippen molar-refractivity contribution in [2.24, 2.45) is 0 Å².